The van der Waals surface area contributed by atoms with Crippen LogP contribution < -0.4 is 5.32 Å². The number of carbonyl (C=O) groups is 2. The summed E-state index contributed by atoms with van der Waals surface area (Å²) in [7, 11) is -3.15. The van der Waals surface area contributed by atoms with E-state index in [-0.39, 0.29) is 27.4 Å². The second-order valence-corrected chi connectivity index (χ2v) is 10.5. The van der Waals surface area contributed by atoms with E-state index in [9.17, 15) is 31.2 Å². The maximum Gasteiger partial charge on any atom is 0.416 e. The van der Waals surface area contributed by atoms with Crippen molar-refractivity contribution in [3.05, 3.63) is 51.3 Å². The summed E-state index contributed by atoms with van der Waals surface area (Å²) in [6.07, 6.45) is -1.94. The molecule has 184 valence electrons. The van der Waals surface area contributed by atoms with Gasteiger partial charge in [0.25, 0.3) is 5.91 Å². The second-order valence-electron chi connectivity index (χ2n) is 7.47. The summed E-state index contributed by atoms with van der Waals surface area (Å²) in [5.41, 5.74) is -0.453. The molecule has 34 heavy (non-hydrogen) atoms. The van der Waals surface area contributed by atoms with Crippen molar-refractivity contribution in [1.82, 2.24) is 9.78 Å². The smallest absolute Gasteiger partial charge is 0.416 e. The third kappa shape index (κ3) is 6.30. The molecule has 1 aliphatic rings. The highest BCUT2D eigenvalue weighted by molar-refractivity contribution is 7.91. The van der Waals surface area contributed by atoms with Crippen LogP contribution in [0, 0.1) is 6.92 Å². The molecule has 1 aromatic carbocycles. The van der Waals surface area contributed by atoms with Gasteiger partial charge in [0.1, 0.15) is 5.15 Å². The first-order valence-electron chi connectivity index (χ1n) is 9.73. The molecular weight excluding hydrogens is 522 g/mol. The van der Waals surface area contributed by atoms with Gasteiger partial charge in [0.05, 0.1) is 39.5 Å². The fourth-order valence-electron chi connectivity index (χ4n) is 3.25. The van der Waals surface area contributed by atoms with E-state index in [0.29, 0.717) is 23.7 Å². The summed E-state index contributed by atoms with van der Waals surface area (Å²) >= 11 is 12.1. The number of anilines is 1. The number of sulfone groups is 1. The van der Waals surface area contributed by atoms with Crippen molar-refractivity contribution >= 4 is 56.7 Å². The van der Waals surface area contributed by atoms with E-state index in [1.165, 1.54) is 10.8 Å². The van der Waals surface area contributed by atoms with Gasteiger partial charge in [-0.2, -0.15) is 18.3 Å². The average Bonchev–Trinajstić information content (AvgIpc) is 3.23. The SMILES string of the molecule is Cc1nn([C@H]2CCS(=O)(=O)C2)c(Cl)c1/C=C/C(=O)OCC(=O)Nc1cc(C(F)(F)F)ccc1Cl. The minimum absolute atomic E-state index is 0.0399. The Balaban J connectivity index is 1.60. The van der Waals surface area contributed by atoms with Gasteiger partial charge in [-0.25, -0.2) is 17.9 Å². The Labute approximate surface area is 202 Å². The van der Waals surface area contributed by atoms with Gasteiger partial charge in [0, 0.05) is 11.6 Å². The van der Waals surface area contributed by atoms with Crippen LogP contribution in [0.15, 0.2) is 24.3 Å². The first-order valence-corrected chi connectivity index (χ1v) is 12.3. The number of benzene rings is 1. The largest absolute Gasteiger partial charge is 0.452 e. The Bertz CT molecular complexity index is 1260. The monoisotopic (exact) mass is 539 g/mol. The molecule has 2 aromatic rings. The lowest BCUT2D eigenvalue weighted by Gasteiger charge is -2.11. The number of halogens is 5. The lowest BCUT2D eigenvalue weighted by atomic mass is 10.2. The summed E-state index contributed by atoms with van der Waals surface area (Å²) in [5, 5.41) is 6.44. The Morgan fingerprint density at radius 1 is 1.32 bits per heavy atom. The maximum absolute atomic E-state index is 12.8. The molecule has 1 amide bonds. The van der Waals surface area contributed by atoms with Crippen molar-refractivity contribution < 1.29 is 35.9 Å². The molecule has 0 spiro atoms. The minimum atomic E-state index is -4.62. The topological polar surface area (TPSA) is 107 Å². The van der Waals surface area contributed by atoms with Gasteiger partial charge in [-0.1, -0.05) is 23.2 Å². The number of esters is 1. The van der Waals surface area contributed by atoms with Gasteiger partial charge in [-0.3, -0.25) is 4.79 Å². The number of ether oxygens (including phenoxy) is 1. The number of rotatable bonds is 6. The Morgan fingerprint density at radius 2 is 2.03 bits per heavy atom. The summed E-state index contributed by atoms with van der Waals surface area (Å²) in [4.78, 5) is 24.0. The fourth-order valence-corrected chi connectivity index (χ4v) is 5.48. The van der Waals surface area contributed by atoms with Crippen molar-refractivity contribution in [2.45, 2.75) is 25.6 Å². The van der Waals surface area contributed by atoms with Crippen molar-refractivity contribution in [2.24, 2.45) is 0 Å². The number of alkyl halides is 3. The van der Waals surface area contributed by atoms with Gasteiger partial charge in [-0.15, -0.1) is 0 Å². The van der Waals surface area contributed by atoms with E-state index >= 15 is 0 Å². The van der Waals surface area contributed by atoms with Crippen molar-refractivity contribution in [3.63, 3.8) is 0 Å². The number of aryl methyl sites for hydroxylation is 1. The van der Waals surface area contributed by atoms with Crippen LogP contribution in [0.2, 0.25) is 10.2 Å². The van der Waals surface area contributed by atoms with Crippen LogP contribution in [0.3, 0.4) is 0 Å². The Kier molecular flexibility index (Phi) is 7.63. The molecule has 1 atom stereocenters. The molecule has 14 heteroatoms. The lowest BCUT2D eigenvalue weighted by molar-refractivity contribution is -0.142. The van der Waals surface area contributed by atoms with E-state index < -0.39 is 46.1 Å². The Morgan fingerprint density at radius 3 is 2.65 bits per heavy atom. The molecule has 0 unspecified atom stereocenters. The molecule has 1 aliphatic heterocycles. The van der Waals surface area contributed by atoms with Crippen molar-refractivity contribution in [2.75, 3.05) is 23.4 Å². The van der Waals surface area contributed by atoms with E-state index in [0.717, 1.165) is 18.2 Å². The fraction of sp³-hybridized carbons (Fsp3) is 0.350. The number of hydrogen-bond acceptors (Lipinski definition) is 6. The molecule has 1 aromatic heterocycles. The zero-order chi connectivity index (χ0) is 25.3. The zero-order valence-electron chi connectivity index (χ0n) is 17.5. The number of hydrogen-bond donors (Lipinski definition) is 1. The molecule has 0 bridgehead atoms. The summed E-state index contributed by atoms with van der Waals surface area (Å²) < 4.78 is 68.1. The minimum Gasteiger partial charge on any atom is -0.452 e. The standard InChI is InChI=1S/C20H18Cl2F3N3O5S/c1-11-14(19(22)28(27-11)13-6-7-34(31,32)10-13)3-5-18(30)33-9-17(29)26-16-8-12(20(23,24)25)2-4-15(16)21/h2-5,8,13H,6-7,9-10H2,1H3,(H,26,29)/b5-3+/t13-/m0/s1. The van der Waals surface area contributed by atoms with E-state index in [1.807, 2.05) is 0 Å². The first kappa shape index (κ1) is 26.0. The van der Waals surface area contributed by atoms with Crippen LogP contribution in [-0.2, 0) is 30.3 Å². The molecule has 8 nitrogen and oxygen atoms in total. The van der Waals surface area contributed by atoms with Crippen LogP contribution in [0.5, 0.6) is 0 Å². The van der Waals surface area contributed by atoms with Crippen molar-refractivity contribution in [1.29, 1.82) is 0 Å². The predicted octanol–water partition coefficient (Wildman–Crippen LogP) is 4.07. The Hall–Kier alpha value is -2.57. The molecule has 0 saturated carbocycles. The molecular formula is C20H18Cl2F3N3O5S. The molecule has 2 heterocycles. The zero-order valence-corrected chi connectivity index (χ0v) is 19.9. The quantitative estimate of drug-likeness (QED) is 0.438. The van der Waals surface area contributed by atoms with E-state index in [1.54, 1.807) is 6.92 Å². The number of nitrogens with one attached hydrogen (secondary N) is 1. The van der Waals surface area contributed by atoms with Gasteiger partial charge < -0.3 is 10.1 Å². The lowest BCUT2D eigenvalue weighted by Crippen LogP contribution is -2.20. The molecule has 1 fully saturated rings. The average molecular weight is 540 g/mol. The molecule has 1 saturated heterocycles. The first-order chi connectivity index (χ1) is 15.8. The number of carbonyl (C=O) groups excluding carboxylic acids is 2. The van der Waals surface area contributed by atoms with E-state index in [4.69, 9.17) is 27.9 Å². The maximum atomic E-state index is 12.8. The van der Waals surface area contributed by atoms with Gasteiger partial charge >= 0.3 is 12.1 Å². The highest BCUT2D eigenvalue weighted by atomic mass is 35.5. The summed E-state index contributed by atoms with van der Waals surface area (Å²) in [5.74, 6) is -1.85. The van der Waals surface area contributed by atoms with Crippen molar-refractivity contribution in [3.8, 4) is 0 Å². The van der Waals surface area contributed by atoms with Crippen LogP contribution in [0.1, 0.15) is 29.3 Å². The third-order valence-electron chi connectivity index (χ3n) is 4.92. The molecule has 3 rings (SSSR count). The number of amides is 1. The van der Waals surface area contributed by atoms with Crippen LogP contribution in [0.25, 0.3) is 6.08 Å². The van der Waals surface area contributed by atoms with Crippen LogP contribution in [-0.4, -0.2) is 48.2 Å². The van der Waals surface area contributed by atoms with E-state index in [2.05, 4.69) is 10.4 Å². The van der Waals surface area contributed by atoms with Crippen LogP contribution in [0.4, 0.5) is 18.9 Å². The molecule has 1 N–H and O–H groups in total. The summed E-state index contributed by atoms with van der Waals surface area (Å²) in [6, 6.07) is 2.02. The van der Waals surface area contributed by atoms with Crippen LogP contribution >= 0.6 is 23.2 Å². The van der Waals surface area contributed by atoms with Gasteiger partial charge in [0.15, 0.2) is 16.4 Å². The van der Waals surface area contributed by atoms with Gasteiger partial charge in [-0.05, 0) is 37.6 Å². The number of nitrogens with zero attached hydrogens (tertiary/aromatic N) is 2. The summed E-state index contributed by atoms with van der Waals surface area (Å²) in [6.45, 7) is 0.852. The highest BCUT2D eigenvalue weighted by Crippen LogP contribution is 2.34. The second kappa shape index (κ2) is 9.96. The third-order valence-corrected chi connectivity index (χ3v) is 7.38. The van der Waals surface area contributed by atoms with Gasteiger partial charge in [0.2, 0.25) is 0 Å². The number of aromatic nitrogens is 2. The predicted molar refractivity (Wildman–Crippen MR) is 119 cm³/mol. The molecule has 0 aliphatic carbocycles. The normalized spacial score (nSPS) is 17.8. The molecule has 0 radical (unpaired) electrons. The highest BCUT2D eigenvalue weighted by Gasteiger charge is 2.32.